The Balaban J connectivity index is 1.79. The van der Waals surface area contributed by atoms with Gasteiger partial charge in [0.25, 0.3) is 0 Å². The Morgan fingerprint density at radius 1 is 1.33 bits per heavy atom. The van der Waals surface area contributed by atoms with Gasteiger partial charge in [-0.3, -0.25) is 5.41 Å². The third-order valence-electron chi connectivity index (χ3n) is 3.21. The third kappa shape index (κ3) is 2.60. The molecule has 2 aromatic rings. The molecule has 3 rings (SSSR count). The fourth-order valence-electron chi connectivity index (χ4n) is 2.15. The van der Waals surface area contributed by atoms with E-state index in [2.05, 4.69) is 4.98 Å². The number of hydrogen-bond donors (Lipinski definition) is 2. The lowest BCUT2D eigenvalue weighted by molar-refractivity contribution is 0.174. The van der Waals surface area contributed by atoms with E-state index in [1.165, 1.54) is 0 Å². The van der Waals surface area contributed by atoms with Gasteiger partial charge in [-0.05, 0) is 36.2 Å². The van der Waals surface area contributed by atoms with Crippen molar-refractivity contribution in [3.8, 4) is 17.4 Å². The number of benzene rings is 1. The molecule has 0 saturated carbocycles. The Labute approximate surface area is 122 Å². The monoisotopic (exact) mass is 285 g/mol. The van der Waals surface area contributed by atoms with Crippen LogP contribution in [0.2, 0.25) is 0 Å². The van der Waals surface area contributed by atoms with Gasteiger partial charge in [-0.15, -0.1) is 0 Å². The van der Waals surface area contributed by atoms with E-state index < -0.39 is 0 Å². The highest BCUT2D eigenvalue weighted by atomic mass is 16.7. The number of nitrogen functional groups attached to an aromatic ring is 1. The van der Waals surface area contributed by atoms with Gasteiger partial charge in [0.1, 0.15) is 12.4 Å². The van der Waals surface area contributed by atoms with Gasteiger partial charge in [-0.1, -0.05) is 6.07 Å². The molecule has 2 heterocycles. The maximum absolute atomic E-state index is 7.62. The van der Waals surface area contributed by atoms with Gasteiger partial charge in [-0.2, -0.15) is 0 Å². The molecular weight excluding hydrogens is 270 g/mol. The van der Waals surface area contributed by atoms with Gasteiger partial charge in [-0.25, -0.2) is 4.98 Å². The van der Waals surface area contributed by atoms with Crippen LogP contribution in [0.4, 0.5) is 0 Å². The molecule has 3 N–H and O–H groups in total. The van der Waals surface area contributed by atoms with Crippen LogP contribution in [0.15, 0.2) is 30.5 Å². The summed E-state index contributed by atoms with van der Waals surface area (Å²) in [5, 5.41) is 7.62. The van der Waals surface area contributed by atoms with Crippen molar-refractivity contribution < 1.29 is 14.2 Å². The number of nitrogens with two attached hydrogens (primary N) is 1. The number of rotatable bonds is 4. The van der Waals surface area contributed by atoms with Crippen molar-refractivity contribution in [3.63, 3.8) is 0 Å². The average molecular weight is 285 g/mol. The smallest absolute Gasteiger partial charge is 0.231 e. The van der Waals surface area contributed by atoms with Crippen molar-refractivity contribution in [1.29, 1.82) is 5.41 Å². The molecule has 0 spiro atoms. The molecule has 1 aromatic heterocycles. The van der Waals surface area contributed by atoms with E-state index in [0.717, 1.165) is 16.9 Å². The summed E-state index contributed by atoms with van der Waals surface area (Å²) < 4.78 is 16.3. The van der Waals surface area contributed by atoms with E-state index >= 15 is 0 Å². The standard InChI is InChI=1S/C15H15N3O3/c1-9-4-5-18-15(13(9)14(16)17)19-7-10-2-3-11-12(6-10)21-8-20-11/h2-6H,7-8H2,1H3,(H3,16,17). The van der Waals surface area contributed by atoms with Crippen LogP contribution >= 0.6 is 0 Å². The summed E-state index contributed by atoms with van der Waals surface area (Å²) in [6.45, 7) is 2.42. The molecule has 1 aromatic carbocycles. The SMILES string of the molecule is Cc1ccnc(OCc2ccc3c(c2)OCO3)c1C(=N)N. The Kier molecular flexibility index (Phi) is 3.35. The fraction of sp³-hybridized carbons (Fsp3) is 0.200. The van der Waals surface area contributed by atoms with Gasteiger partial charge >= 0.3 is 0 Å². The molecule has 0 aliphatic carbocycles. The van der Waals surface area contributed by atoms with Crippen LogP contribution < -0.4 is 19.9 Å². The Morgan fingerprint density at radius 3 is 2.95 bits per heavy atom. The van der Waals surface area contributed by atoms with E-state index in [1.807, 2.05) is 25.1 Å². The van der Waals surface area contributed by atoms with Crippen LogP contribution in [0.3, 0.4) is 0 Å². The average Bonchev–Trinajstić information content (AvgIpc) is 2.92. The summed E-state index contributed by atoms with van der Waals surface area (Å²) in [5.74, 6) is 1.75. The maximum Gasteiger partial charge on any atom is 0.231 e. The quantitative estimate of drug-likeness (QED) is 0.662. The lowest BCUT2D eigenvalue weighted by Crippen LogP contribution is -2.15. The minimum Gasteiger partial charge on any atom is -0.472 e. The Morgan fingerprint density at radius 2 is 2.14 bits per heavy atom. The summed E-state index contributed by atoms with van der Waals surface area (Å²) in [6, 6.07) is 7.41. The van der Waals surface area contributed by atoms with Crippen molar-refractivity contribution in [2.75, 3.05) is 6.79 Å². The van der Waals surface area contributed by atoms with Crippen LogP contribution in [-0.4, -0.2) is 17.6 Å². The largest absolute Gasteiger partial charge is 0.472 e. The first kappa shape index (κ1) is 13.2. The van der Waals surface area contributed by atoms with Crippen molar-refractivity contribution in [2.24, 2.45) is 5.73 Å². The Hall–Kier alpha value is -2.76. The molecule has 0 atom stereocenters. The lowest BCUT2D eigenvalue weighted by Gasteiger charge is -2.11. The number of nitrogens with one attached hydrogen (secondary N) is 1. The topological polar surface area (TPSA) is 90.5 Å². The summed E-state index contributed by atoms with van der Waals surface area (Å²) in [7, 11) is 0. The molecule has 0 radical (unpaired) electrons. The number of ether oxygens (including phenoxy) is 3. The fourth-order valence-corrected chi connectivity index (χ4v) is 2.15. The molecule has 0 saturated heterocycles. The summed E-state index contributed by atoms with van der Waals surface area (Å²) in [4.78, 5) is 4.15. The van der Waals surface area contributed by atoms with E-state index in [9.17, 15) is 0 Å². The molecule has 1 aliphatic rings. The number of pyridine rings is 1. The normalized spacial score (nSPS) is 12.2. The van der Waals surface area contributed by atoms with Gasteiger partial charge in [0.2, 0.25) is 12.7 Å². The molecule has 0 unspecified atom stereocenters. The number of fused-ring (bicyclic) bond motifs is 1. The second kappa shape index (κ2) is 5.32. The van der Waals surface area contributed by atoms with Gasteiger partial charge < -0.3 is 19.9 Å². The first-order valence-corrected chi connectivity index (χ1v) is 6.46. The van der Waals surface area contributed by atoms with E-state index in [1.54, 1.807) is 12.3 Å². The van der Waals surface area contributed by atoms with Gasteiger partial charge in [0, 0.05) is 6.20 Å². The van der Waals surface area contributed by atoms with E-state index in [0.29, 0.717) is 23.8 Å². The minimum absolute atomic E-state index is 0.0544. The zero-order chi connectivity index (χ0) is 14.8. The molecular formula is C15H15N3O3. The van der Waals surface area contributed by atoms with Crippen LogP contribution in [0, 0.1) is 12.3 Å². The van der Waals surface area contributed by atoms with Gasteiger partial charge in [0.05, 0.1) is 5.56 Å². The lowest BCUT2D eigenvalue weighted by atomic mass is 10.1. The number of amidine groups is 1. The molecule has 6 heteroatoms. The molecule has 21 heavy (non-hydrogen) atoms. The first-order chi connectivity index (χ1) is 10.1. The predicted octanol–water partition coefficient (Wildman–Crippen LogP) is 1.98. The molecule has 6 nitrogen and oxygen atoms in total. The van der Waals surface area contributed by atoms with Gasteiger partial charge in [0.15, 0.2) is 11.5 Å². The highest BCUT2D eigenvalue weighted by molar-refractivity contribution is 5.98. The van der Waals surface area contributed by atoms with Crippen molar-refractivity contribution >= 4 is 5.84 Å². The summed E-state index contributed by atoms with van der Waals surface area (Å²) >= 11 is 0. The van der Waals surface area contributed by atoms with Crippen molar-refractivity contribution in [3.05, 3.63) is 47.2 Å². The molecule has 0 fully saturated rings. The highest BCUT2D eigenvalue weighted by Gasteiger charge is 2.15. The zero-order valence-electron chi connectivity index (χ0n) is 11.6. The molecule has 0 bridgehead atoms. The van der Waals surface area contributed by atoms with Crippen molar-refractivity contribution in [2.45, 2.75) is 13.5 Å². The number of aryl methyl sites for hydroxylation is 1. The van der Waals surface area contributed by atoms with E-state index in [-0.39, 0.29) is 12.6 Å². The maximum atomic E-state index is 7.62. The van der Waals surface area contributed by atoms with Crippen LogP contribution in [0.25, 0.3) is 0 Å². The predicted molar refractivity (Wildman–Crippen MR) is 76.9 cm³/mol. The summed E-state index contributed by atoms with van der Waals surface area (Å²) in [5.41, 5.74) is 7.90. The first-order valence-electron chi connectivity index (χ1n) is 6.46. The highest BCUT2D eigenvalue weighted by Crippen LogP contribution is 2.32. The van der Waals surface area contributed by atoms with Crippen LogP contribution in [0.5, 0.6) is 17.4 Å². The number of aromatic nitrogens is 1. The minimum atomic E-state index is -0.0544. The van der Waals surface area contributed by atoms with Crippen LogP contribution in [-0.2, 0) is 6.61 Å². The number of hydrogen-bond acceptors (Lipinski definition) is 5. The summed E-state index contributed by atoms with van der Waals surface area (Å²) in [6.07, 6.45) is 1.64. The van der Waals surface area contributed by atoms with Crippen LogP contribution in [0.1, 0.15) is 16.7 Å². The molecule has 108 valence electrons. The Bertz CT molecular complexity index is 701. The third-order valence-corrected chi connectivity index (χ3v) is 3.21. The zero-order valence-corrected chi connectivity index (χ0v) is 11.6. The van der Waals surface area contributed by atoms with Crippen molar-refractivity contribution in [1.82, 2.24) is 4.98 Å². The second-order valence-electron chi connectivity index (χ2n) is 4.70. The number of nitrogens with zero attached hydrogens (tertiary/aromatic N) is 1. The second-order valence-corrected chi connectivity index (χ2v) is 4.70. The molecule has 1 aliphatic heterocycles. The van der Waals surface area contributed by atoms with E-state index in [4.69, 9.17) is 25.4 Å². The molecule has 0 amide bonds.